The second-order valence-corrected chi connectivity index (χ2v) is 4.10. The van der Waals surface area contributed by atoms with Crippen molar-refractivity contribution < 1.29 is 9.53 Å². The van der Waals surface area contributed by atoms with Crippen molar-refractivity contribution in [3.8, 4) is 0 Å². The number of halogens is 1. The molecule has 0 spiro atoms. The third-order valence-electron chi connectivity index (χ3n) is 2.04. The summed E-state index contributed by atoms with van der Waals surface area (Å²) in [4.78, 5) is 19.4. The lowest BCUT2D eigenvalue weighted by Crippen LogP contribution is -2.28. The summed E-state index contributed by atoms with van der Waals surface area (Å²) < 4.78 is 5.32. The Morgan fingerprint density at radius 1 is 1.53 bits per heavy atom. The molecule has 0 saturated carbocycles. The van der Waals surface area contributed by atoms with Gasteiger partial charge < -0.3 is 15.4 Å². The van der Waals surface area contributed by atoms with Crippen LogP contribution < -0.4 is 10.6 Å². The van der Waals surface area contributed by atoms with Crippen LogP contribution in [0.3, 0.4) is 0 Å². The number of nitrogens with one attached hydrogen (secondary N) is 2. The third kappa shape index (κ3) is 3.55. The zero-order chi connectivity index (χ0) is 12.8. The monoisotopic (exact) mass is 302 g/mol. The molecule has 6 nitrogen and oxygen atoms in total. The van der Waals surface area contributed by atoms with Gasteiger partial charge >= 0.3 is 5.97 Å². The van der Waals surface area contributed by atoms with Crippen molar-refractivity contribution in [2.75, 3.05) is 24.3 Å². The maximum Gasteiger partial charge on any atom is 0.328 e. The Morgan fingerprint density at radius 3 is 2.76 bits per heavy atom. The quantitative estimate of drug-likeness (QED) is 0.806. The fraction of sp³-hybridized carbons (Fsp3) is 0.500. The minimum atomic E-state index is -0.472. The fourth-order valence-corrected chi connectivity index (χ4v) is 1.66. The lowest BCUT2D eigenvalue weighted by Gasteiger charge is -2.14. The highest BCUT2D eigenvalue weighted by Gasteiger charge is 2.16. The van der Waals surface area contributed by atoms with Gasteiger partial charge in [0.15, 0.2) is 0 Å². The van der Waals surface area contributed by atoms with E-state index < -0.39 is 6.04 Å². The van der Waals surface area contributed by atoms with Crippen molar-refractivity contribution in [1.29, 1.82) is 0 Å². The molecule has 17 heavy (non-hydrogen) atoms. The molecule has 0 aromatic carbocycles. The van der Waals surface area contributed by atoms with Crippen molar-refractivity contribution in [3.63, 3.8) is 0 Å². The maximum atomic E-state index is 11.3. The number of methoxy groups -OCH3 is 1. The summed E-state index contributed by atoms with van der Waals surface area (Å²) in [6, 6.07) is -0.472. The van der Waals surface area contributed by atoms with E-state index in [1.54, 1.807) is 6.92 Å². The molecule has 94 valence electrons. The first kappa shape index (κ1) is 13.7. The van der Waals surface area contributed by atoms with Gasteiger partial charge in [0.25, 0.3) is 0 Å². The van der Waals surface area contributed by atoms with Crippen molar-refractivity contribution >= 4 is 33.5 Å². The van der Waals surface area contributed by atoms with Crippen LogP contribution in [0.4, 0.5) is 11.6 Å². The third-order valence-corrected chi connectivity index (χ3v) is 2.79. The van der Waals surface area contributed by atoms with E-state index >= 15 is 0 Å². The molecule has 0 aliphatic heterocycles. The van der Waals surface area contributed by atoms with E-state index in [0.717, 1.165) is 6.54 Å². The zero-order valence-electron chi connectivity index (χ0n) is 9.95. The van der Waals surface area contributed by atoms with Crippen molar-refractivity contribution in [2.24, 2.45) is 0 Å². The van der Waals surface area contributed by atoms with Crippen LogP contribution in [0, 0.1) is 0 Å². The summed E-state index contributed by atoms with van der Waals surface area (Å²) in [5.41, 5.74) is 0. The minimum absolute atomic E-state index is 0.347. The van der Waals surface area contributed by atoms with E-state index in [2.05, 4.69) is 41.3 Å². The highest BCUT2D eigenvalue weighted by atomic mass is 79.9. The molecule has 0 aliphatic carbocycles. The standard InChI is InChI=1S/C10H15BrN4O2/c1-4-12-8-7(11)9(14-5-13-8)15-6(2)10(16)17-3/h5-6H,4H2,1-3H3,(H2,12,13,14,15). The molecule has 1 aromatic heterocycles. The molecular weight excluding hydrogens is 288 g/mol. The Hall–Kier alpha value is -1.37. The maximum absolute atomic E-state index is 11.3. The highest BCUT2D eigenvalue weighted by molar-refractivity contribution is 9.10. The molecule has 2 N–H and O–H groups in total. The number of rotatable bonds is 5. The molecule has 1 rings (SSSR count). The predicted octanol–water partition coefficient (Wildman–Crippen LogP) is 1.64. The lowest BCUT2D eigenvalue weighted by molar-refractivity contribution is -0.141. The van der Waals surface area contributed by atoms with E-state index in [-0.39, 0.29) is 5.97 Å². The van der Waals surface area contributed by atoms with Gasteiger partial charge in [0.1, 0.15) is 28.5 Å². The van der Waals surface area contributed by atoms with Gasteiger partial charge in [-0.2, -0.15) is 0 Å². The fourth-order valence-electron chi connectivity index (χ4n) is 1.20. The number of hydrogen-bond acceptors (Lipinski definition) is 6. The summed E-state index contributed by atoms with van der Waals surface area (Å²) in [5.74, 6) is 0.886. The molecule has 0 saturated heterocycles. The molecule has 1 unspecified atom stereocenters. The van der Waals surface area contributed by atoms with Crippen molar-refractivity contribution in [2.45, 2.75) is 19.9 Å². The van der Waals surface area contributed by atoms with Crippen LogP contribution in [0.15, 0.2) is 10.8 Å². The second kappa shape index (κ2) is 6.39. The van der Waals surface area contributed by atoms with Gasteiger partial charge in [-0.05, 0) is 29.8 Å². The molecule has 0 radical (unpaired) electrons. The van der Waals surface area contributed by atoms with Crippen LogP contribution in [0.1, 0.15) is 13.8 Å². The molecule has 1 heterocycles. The van der Waals surface area contributed by atoms with Crippen LogP contribution in [-0.2, 0) is 9.53 Å². The van der Waals surface area contributed by atoms with E-state index in [1.165, 1.54) is 13.4 Å². The minimum Gasteiger partial charge on any atom is -0.467 e. The number of aromatic nitrogens is 2. The van der Waals surface area contributed by atoms with Gasteiger partial charge in [-0.3, -0.25) is 0 Å². The first-order valence-electron chi connectivity index (χ1n) is 5.18. The Labute approximate surface area is 108 Å². The van der Waals surface area contributed by atoms with Gasteiger partial charge in [0.2, 0.25) is 0 Å². The van der Waals surface area contributed by atoms with E-state index in [1.807, 2.05) is 6.92 Å². The molecule has 0 fully saturated rings. The van der Waals surface area contributed by atoms with Gasteiger partial charge in [-0.1, -0.05) is 0 Å². The number of nitrogens with zero attached hydrogens (tertiary/aromatic N) is 2. The van der Waals surface area contributed by atoms with Crippen LogP contribution >= 0.6 is 15.9 Å². The summed E-state index contributed by atoms with van der Waals surface area (Å²) in [7, 11) is 1.35. The van der Waals surface area contributed by atoms with Crippen LogP contribution in [0.5, 0.6) is 0 Å². The summed E-state index contributed by atoms with van der Waals surface area (Å²) in [5, 5.41) is 6.03. The molecule has 7 heteroatoms. The Morgan fingerprint density at radius 2 is 2.18 bits per heavy atom. The van der Waals surface area contributed by atoms with E-state index in [0.29, 0.717) is 16.1 Å². The number of ether oxygens (including phenoxy) is 1. The van der Waals surface area contributed by atoms with Crippen LogP contribution in [-0.4, -0.2) is 35.6 Å². The van der Waals surface area contributed by atoms with Crippen molar-refractivity contribution in [1.82, 2.24) is 9.97 Å². The first-order chi connectivity index (χ1) is 8.10. The zero-order valence-corrected chi connectivity index (χ0v) is 11.5. The molecular formula is C10H15BrN4O2. The Kier molecular flexibility index (Phi) is 5.14. The van der Waals surface area contributed by atoms with Gasteiger partial charge in [0.05, 0.1) is 7.11 Å². The topological polar surface area (TPSA) is 76.1 Å². The first-order valence-corrected chi connectivity index (χ1v) is 5.98. The lowest BCUT2D eigenvalue weighted by atomic mass is 10.3. The Balaban J connectivity index is 2.84. The smallest absolute Gasteiger partial charge is 0.328 e. The molecule has 0 amide bonds. The number of anilines is 2. The average molecular weight is 303 g/mol. The predicted molar refractivity (Wildman–Crippen MR) is 69.0 cm³/mol. The molecule has 0 bridgehead atoms. The second-order valence-electron chi connectivity index (χ2n) is 3.30. The number of hydrogen-bond donors (Lipinski definition) is 2. The normalized spacial score (nSPS) is 11.8. The van der Waals surface area contributed by atoms with Crippen LogP contribution in [0.2, 0.25) is 0 Å². The average Bonchev–Trinajstić information content (AvgIpc) is 2.33. The van der Waals surface area contributed by atoms with E-state index in [9.17, 15) is 4.79 Å². The van der Waals surface area contributed by atoms with E-state index in [4.69, 9.17) is 0 Å². The summed E-state index contributed by atoms with van der Waals surface area (Å²) in [6.07, 6.45) is 1.43. The van der Waals surface area contributed by atoms with Crippen molar-refractivity contribution in [3.05, 3.63) is 10.8 Å². The van der Waals surface area contributed by atoms with Crippen LogP contribution in [0.25, 0.3) is 0 Å². The highest BCUT2D eigenvalue weighted by Crippen LogP contribution is 2.26. The largest absolute Gasteiger partial charge is 0.467 e. The summed E-state index contributed by atoms with van der Waals surface area (Å²) in [6.45, 7) is 4.42. The summed E-state index contributed by atoms with van der Waals surface area (Å²) >= 11 is 3.38. The number of carbonyl (C=O) groups excluding carboxylic acids is 1. The Bertz CT molecular complexity index is 400. The molecule has 1 atom stereocenters. The molecule has 1 aromatic rings. The van der Waals surface area contributed by atoms with Gasteiger partial charge in [0, 0.05) is 6.54 Å². The number of carbonyl (C=O) groups is 1. The van der Waals surface area contributed by atoms with Gasteiger partial charge in [-0.15, -0.1) is 0 Å². The number of esters is 1. The SMILES string of the molecule is CCNc1ncnc(NC(C)C(=O)OC)c1Br. The van der Waals surface area contributed by atoms with Gasteiger partial charge in [-0.25, -0.2) is 14.8 Å². The molecule has 0 aliphatic rings.